The number of hydrogen-bond donors (Lipinski definition) is 1. The maximum atomic E-state index is 13.7. The van der Waals surface area contributed by atoms with Crippen molar-refractivity contribution >= 4 is 23.6 Å². The highest BCUT2D eigenvalue weighted by Crippen LogP contribution is 2.42. The molecule has 1 heterocycles. The smallest absolute Gasteiger partial charge is 0.244 e. The average molecular weight is 401 g/mol. The number of rotatable bonds is 5. The van der Waals surface area contributed by atoms with Gasteiger partial charge in [-0.05, 0) is 30.2 Å². The van der Waals surface area contributed by atoms with E-state index in [9.17, 15) is 14.0 Å². The van der Waals surface area contributed by atoms with Crippen LogP contribution < -0.4 is 5.32 Å². The Morgan fingerprint density at radius 1 is 1.11 bits per heavy atom. The van der Waals surface area contributed by atoms with Gasteiger partial charge in [-0.1, -0.05) is 56.3 Å². The summed E-state index contributed by atoms with van der Waals surface area (Å²) in [5.41, 5.74) is 1.70. The molecule has 1 fully saturated rings. The zero-order chi connectivity index (χ0) is 20.3. The Labute approximate surface area is 169 Å². The third-order valence-electron chi connectivity index (χ3n) is 4.84. The monoisotopic (exact) mass is 400 g/mol. The van der Waals surface area contributed by atoms with Gasteiger partial charge in [-0.15, -0.1) is 11.8 Å². The first-order chi connectivity index (χ1) is 13.4. The van der Waals surface area contributed by atoms with E-state index in [1.807, 2.05) is 51.1 Å². The maximum absolute atomic E-state index is 13.7. The number of amides is 2. The van der Waals surface area contributed by atoms with Crippen LogP contribution in [0.2, 0.25) is 0 Å². The molecular weight excluding hydrogens is 375 g/mol. The second-order valence-electron chi connectivity index (χ2n) is 7.30. The fourth-order valence-corrected chi connectivity index (χ4v) is 4.75. The third kappa shape index (κ3) is 4.38. The molecule has 3 rings (SSSR count). The van der Waals surface area contributed by atoms with Crippen LogP contribution in [-0.4, -0.2) is 28.5 Å². The molecule has 2 aromatic carbocycles. The largest absolute Gasteiger partial charge is 0.348 e. The highest BCUT2D eigenvalue weighted by Gasteiger charge is 2.43. The molecule has 148 valence electrons. The van der Waals surface area contributed by atoms with Gasteiger partial charge in [0.1, 0.15) is 17.2 Å². The minimum absolute atomic E-state index is 0.105. The van der Waals surface area contributed by atoms with Crippen molar-refractivity contribution in [1.29, 1.82) is 0 Å². The lowest BCUT2D eigenvalue weighted by molar-refractivity contribution is -0.142. The average Bonchev–Trinajstić information content (AvgIpc) is 3.13. The van der Waals surface area contributed by atoms with E-state index in [1.54, 1.807) is 17.0 Å². The van der Waals surface area contributed by atoms with Crippen LogP contribution in [0.1, 0.15) is 43.3 Å². The summed E-state index contributed by atoms with van der Waals surface area (Å²) in [5, 5.41) is 2.66. The van der Waals surface area contributed by atoms with Crippen molar-refractivity contribution in [1.82, 2.24) is 10.2 Å². The predicted octanol–water partition coefficient (Wildman–Crippen LogP) is 4.30. The Hall–Kier alpha value is -2.34. The van der Waals surface area contributed by atoms with E-state index in [0.717, 1.165) is 5.56 Å². The molecular formula is C22H25FN2O2S. The second-order valence-corrected chi connectivity index (χ2v) is 8.41. The van der Waals surface area contributed by atoms with E-state index in [-0.39, 0.29) is 35.0 Å². The van der Waals surface area contributed by atoms with E-state index in [2.05, 4.69) is 5.32 Å². The number of halogens is 1. The van der Waals surface area contributed by atoms with Crippen molar-refractivity contribution in [3.63, 3.8) is 0 Å². The molecule has 1 saturated heterocycles. The van der Waals surface area contributed by atoms with E-state index < -0.39 is 6.04 Å². The van der Waals surface area contributed by atoms with Crippen LogP contribution in [-0.2, 0) is 9.59 Å². The lowest BCUT2D eigenvalue weighted by atomic mass is 10.1. The van der Waals surface area contributed by atoms with Gasteiger partial charge in [0.25, 0.3) is 0 Å². The molecule has 28 heavy (non-hydrogen) atoms. The topological polar surface area (TPSA) is 49.4 Å². The molecule has 2 amide bonds. The van der Waals surface area contributed by atoms with Gasteiger partial charge < -0.3 is 10.2 Å². The molecule has 1 N–H and O–H groups in total. The van der Waals surface area contributed by atoms with Crippen molar-refractivity contribution in [3.05, 3.63) is 71.5 Å². The third-order valence-corrected chi connectivity index (χ3v) is 6.17. The first-order valence-corrected chi connectivity index (χ1v) is 10.5. The normalized spacial score (nSPS) is 20.2. The SMILES string of the molecule is CC(C)C(=O)N1C(C(=O)NC(C)c2ccccc2)CSC1c1cccc(F)c1. The fraction of sp³-hybridized carbons (Fsp3) is 0.364. The minimum atomic E-state index is -0.584. The number of nitrogens with one attached hydrogen (secondary N) is 1. The van der Waals surface area contributed by atoms with Gasteiger partial charge in [0, 0.05) is 11.7 Å². The zero-order valence-electron chi connectivity index (χ0n) is 16.3. The van der Waals surface area contributed by atoms with Crippen LogP contribution in [0.25, 0.3) is 0 Å². The van der Waals surface area contributed by atoms with Crippen molar-refractivity contribution in [3.8, 4) is 0 Å². The van der Waals surface area contributed by atoms with Gasteiger partial charge in [0.15, 0.2) is 0 Å². The molecule has 0 bridgehead atoms. The van der Waals surface area contributed by atoms with E-state index in [0.29, 0.717) is 11.3 Å². The van der Waals surface area contributed by atoms with Crippen LogP contribution in [0.4, 0.5) is 4.39 Å². The predicted molar refractivity (Wildman–Crippen MR) is 110 cm³/mol. The van der Waals surface area contributed by atoms with Crippen molar-refractivity contribution in [2.45, 2.75) is 38.2 Å². The number of carbonyl (C=O) groups is 2. The molecule has 6 heteroatoms. The number of benzene rings is 2. The number of hydrogen-bond acceptors (Lipinski definition) is 3. The summed E-state index contributed by atoms with van der Waals surface area (Å²) in [4.78, 5) is 27.6. The van der Waals surface area contributed by atoms with Gasteiger partial charge in [-0.25, -0.2) is 4.39 Å². The van der Waals surface area contributed by atoms with Gasteiger partial charge in [0.2, 0.25) is 11.8 Å². The summed E-state index contributed by atoms with van der Waals surface area (Å²) in [6.45, 7) is 5.55. The Balaban J connectivity index is 1.83. The molecule has 0 aliphatic carbocycles. The first kappa shape index (κ1) is 20.4. The van der Waals surface area contributed by atoms with Crippen LogP contribution in [0.5, 0.6) is 0 Å². The highest BCUT2D eigenvalue weighted by molar-refractivity contribution is 7.99. The van der Waals surface area contributed by atoms with E-state index in [1.165, 1.54) is 23.9 Å². The number of thioether (sulfide) groups is 1. The van der Waals surface area contributed by atoms with Crippen LogP contribution in [0.3, 0.4) is 0 Å². The highest BCUT2D eigenvalue weighted by atomic mass is 32.2. The molecule has 3 unspecified atom stereocenters. The molecule has 0 saturated carbocycles. The minimum Gasteiger partial charge on any atom is -0.348 e. The van der Waals surface area contributed by atoms with E-state index >= 15 is 0 Å². The summed E-state index contributed by atoms with van der Waals surface area (Å²) >= 11 is 1.49. The van der Waals surface area contributed by atoms with Crippen LogP contribution in [0, 0.1) is 11.7 Å². The standard InChI is InChI=1S/C22H25FN2O2S/c1-14(2)21(27)25-19(13-28-22(25)17-10-7-11-18(23)12-17)20(26)24-15(3)16-8-5-4-6-9-16/h4-12,14-15,19,22H,13H2,1-3H3,(H,24,26). The molecule has 2 aromatic rings. The summed E-state index contributed by atoms with van der Waals surface area (Å²) in [6, 6.07) is 15.2. The summed E-state index contributed by atoms with van der Waals surface area (Å²) in [7, 11) is 0. The molecule has 0 radical (unpaired) electrons. The van der Waals surface area contributed by atoms with Crippen LogP contribution in [0.15, 0.2) is 54.6 Å². The molecule has 1 aliphatic heterocycles. The van der Waals surface area contributed by atoms with Gasteiger partial charge >= 0.3 is 0 Å². The van der Waals surface area contributed by atoms with E-state index in [4.69, 9.17) is 0 Å². The van der Waals surface area contributed by atoms with Gasteiger partial charge in [-0.2, -0.15) is 0 Å². The lowest BCUT2D eigenvalue weighted by Crippen LogP contribution is -2.49. The quantitative estimate of drug-likeness (QED) is 0.814. The Bertz CT molecular complexity index is 843. The summed E-state index contributed by atoms with van der Waals surface area (Å²) in [6.07, 6.45) is 0. The van der Waals surface area contributed by atoms with Crippen molar-refractivity contribution < 1.29 is 14.0 Å². The molecule has 1 aliphatic rings. The molecule has 0 aromatic heterocycles. The van der Waals surface area contributed by atoms with Crippen molar-refractivity contribution in [2.24, 2.45) is 5.92 Å². The van der Waals surface area contributed by atoms with Crippen LogP contribution >= 0.6 is 11.8 Å². The zero-order valence-corrected chi connectivity index (χ0v) is 17.1. The lowest BCUT2D eigenvalue weighted by Gasteiger charge is -2.31. The summed E-state index contributed by atoms with van der Waals surface area (Å²) in [5.74, 6) is -0.409. The molecule has 0 spiro atoms. The first-order valence-electron chi connectivity index (χ1n) is 9.43. The Morgan fingerprint density at radius 2 is 1.82 bits per heavy atom. The van der Waals surface area contributed by atoms with Gasteiger partial charge in [0.05, 0.1) is 6.04 Å². The Kier molecular flexibility index (Phi) is 6.39. The Morgan fingerprint density at radius 3 is 2.46 bits per heavy atom. The number of nitrogens with zero attached hydrogens (tertiary/aromatic N) is 1. The molecule has 4 nitrogen and oxygen atoms in total. The number of carbonyl (C=O) groups excluding carboxylic acids is 2. The maximum Gasteiger partial charge on any atom is 0.244 e. The fourth-order valence-electron chi connectivity index (χ4n) is 3.33. The second kappa shape index (κ2) is 8.78. The summed E-state index contributed by atoms with van der Waals surface area (Å²) < 4.78 is 13.7. The van der Waals surface area contributed by atoms with Crippen molar-refractivity contribution in [2.75, 3.05) is 5.75 Å². The molecule has 3 atom stereocenters. The van der Waals surface area contributed by atoms with Gasteiger partial charge in [-0.3, -0.25) is 9.59 Å².